The first kappa shape index (κ1) is 19.1. The quantitative estimate of drug-likeness (QED) is 0.637. The number of rotatable bonds is 5. The summed E-state index contributed by atoms with van der Waals surface area (Å²) in [6, 6.07) is 8.55. The molecule has 1 unspecified atom stereocenters. The van der Waals surface area contributed by atoms with Crippen LogP contribution in [0.15, 0.2) is 47.1 Å². The third-order valence-electron chi connectivity index (χ3n) is 3.83. The van der Waals surface area contributed by atoms with Gasteiger partial charge in [0.05, 0.1) is 18.1 Å². The molecule has 0 spiro atoms. The van der Waals surface area contributed by atoms with Gasteiger partial charge in [0.15, 0.2) is 0 Å². The van der Waals surface area contributed by atoms with E-state index in [4.69, 9.17) is 19.9 Å². The summed E-state index contributed by atoms with van der Waals surface area (Å²) in [6.07, 6.45) is 0.258. The Morgan fingerprint density at radius 3 is 2.46 bits per heavy atom. The van der Waals surface area contributed by atoms with Gasteiger partial charge in [0.1, 0.15) is 23.2 Å². The monoisotopic (exact) mass is 356 g/mol. The van der Waals surface area contributed by atoms with Crippen molar-refractivity contribution in [2.75, 3.05) is 6.61 Å². The van der Waals surface area contributed by atoms with Crippen molar-refractivity contribution in [3.63, 3.8) is 0 Å². The molecule has 7 nitrogen and oxygen atoms in total. The molecule has 2 rings (SSSR count). The third-order valence-corrected chi connectivity index (χ3v) is 3.83. The van der Waals surface area contributed by atoms with Crippen LogP contribution in [0.25, 0.3) is 0 Å². The van der Waals surface area contributed by atoms with Crippen LogP contribution in [0.4, 0.5) is 0 Å². The summed E-state index contributed by atoms with van der Waals surface area (Å²) < 4.78 is 15.6. The molecule has 0 radical (unpaired) electrons. The summed E-state index contributed by atoms with van der Waals surface area (Å²) in [7, 11) is 0. The predicted octanol–water partition coefficient (Wildman–Crippen LogP) is 2.65. The van der Waals surface area contributed by atoms with Gasteiger partial charge in [-0.2, -0.15) is 5.26 Å². The van der Waals surface area contributed by atoms with E-state index in [2.05, 4.69) is 0 Å². The number of nitriles is 1. The second-order valence-electron chi connectivity index (χ2n) is 5.51. The van der Waals surface area contributed by atoms with E-state index >= 15 is 0 Å². The Labute approximate surface area is 151 Å². The number of nitrogens with two attached hydrogens (primary N) is 1. The largest absolute Gasteiger partial charge is 0.463 e. The zero-order valence-electron chi connectivity index (χ0n) is 14.9. The molecule has 136 valence electrons. The molecule has 7 heteroatoms. The summed E-state index contributed by atoms with van der Waals surface area (Å²) in [5.41, 5.74) is 6.81. The van der Waals surface area contributed by atoms with Crippen LogP contribution in [-0.2, 0) is 19.1 Å². The Bertz CT molecular complexity index is 815. The first-order valence-electron chi connectivity index (χ1n) is 8.18. The van der Waals surface area contributed by atoms with Crippen molar-refractivity contribution in [2.45, 2.75) is 33.1 Å². The number of nitrogens with zero attached hydrogens (tertiary/aromatic N) is 1. The fraction of sp³-hybridized carbons (Fsp3) is 0.316. The van der Waals surface area contributed by atoms with Crippen LogP contribution in [0.3, 0.4) is 0 Å². The molecular weight excluding hydrogens is 336 g/mol. The zero-order valence-corrected chi connectivity index (χ0v) is 14.9. The average Bonchev–Trinajstić information content (AvgIpc) is 2.61. The molecule has 0 saturated carbocycles. The van der Waals surface area contributed by atoms with Crippen molar-refractivity contribution in [2.24, 2.45) is 5.73 Å². The van der Waals surface area contributed by atoms with Crippen LogP contribution in [-0.4, -0.2) is 18.5 Å². The number of carbonyl (C=O) groups is 2. The number of ether oxygens (including phenoxy) is 3. The second kappa shape index (κ2) is 8.21. The molecule has 26 heavy (non-hydrogen) atoms. The third kappa shape index (κ3) is 3.86. The topological polar surface area (TPSA) is 112 Å². The van der Waals surface area contributed by atoms with Crippen LogP contribution in [0.2, 0.25) is 0 Å². The van der Waals surface area contributed by atoms with E-state index in [1.165, 1.54) is 0 Å². The first-order chi connectivity index (χ1) is 12.4. The highest BCUT2D eigenvalue weighted by Gasteiger charge is 2.36. The van der Waals surface area contributed by atoms with Gasteiger partial charge in [-0.25, -0.2) is 4.79 Å². The standard InChI is InChI=1S/C19H20N2O5/c1-4-15(22)26-13-8-6-12(7-9-13)17-14(10-20)18(21)25-11(3)16(17)19(23)24-5-2/h6-9,17H,4-5,21H2,1-3H3. The normalized spacial score (nSPS) is 16.6. The Morgan fingerprint density at radius 2 is 1.92 bits per heavy atom. The number of esters is 2. The lowest BCUT2D eigenvalue weighted by Gasteiger charge is -2.26. The van der Waals surface area contributed by atoms with E-state index in [-0.39, 0.29) is 41.8 Å². The highest BCUT2D eigenvalue weighted by molar-refractivity contribution is 5.92. The molecule has 0 aliphatic carbocycles. The predicted molar refractivity (Wildman–Crippen MR) is 92.4 cm³/mol. The van der Waals surface area contributed by atoms with Crippen molar-refractivity contribution in [1.82, 2.24) is 0 Å². The van der Waals surface area contributed by atoms with Crippen molar-refractivity contribution >= 4 is 11.9 Å². The summed E-state index contributed by atoms with van der Waals surface area (Å²) in [6.45, 7) is 5.18. The molecular formula is C19H20N2O5. The van der Waals surface area contributed by atoms with Crippen molar-refractivity contribution < 1.29 is 23.8 Å². The summed E-state index contributed by atoms with van der Waals surface area (Å²) in [5.74, 6) is -1.04. The molecule has 1 aromatic carbocycles. The fourth-order valence-corrected chi connectivity index (χ4v) is 2.62. The van der Waals surface area contributed by atoms with Crippen molar-refractivity contribution in [3.05, 3.63) is 52.6 Å². The second-order valence-corrected chi connectivity index (χ2v) is 5.51. The summed E-state index contributed by atoms with van der Waals surface area (Å²) in [4.78, 5) is 23.8. The fourth-order valence-electron chi connectivity index (χ4n) is 2.62. The molecule has 0 bridgehead atoms. The summed E-state index contributed by atoms with van der Waals surface area (Å²) >= 11 is 0. The molecule has 1 aromatic rings. The lowest BCUT2D eigenvalue weighted by atomic mass is 9.83. The Kier molecular flexibility index (Phi) is 6.02. The Balaban J connectivity index is 2.46. The van der Waals surface area contributed by atoms with Gasteiger partial charge in [0, 0.05) is 6.42 Å². The number of hydrogen-bond acceptors (Lipinski definition) is 7. The smallest absolute Gasteiger partial charge is 0.338 e. The number of allylic oxidation sites excluding steroid dienone is 2. The molecule has 0 amide bonds. The van der Waals surface area contributed by atoms with Gasteiger partial charge in [0.2, 0.25) is 5.88 Å². The van der Waals surface area contributed by atoms with E-state index in [1.807, 2.05) is 6.07 Å². The average molecular weight is 356 g/mol. The lowest BCUT2D eigenvalue weighted by Crippen LogP contribution is -2.25. The maximum Gasteiger partial charge on any atom is 0.338 e. The van der Waals surface area contributed by atoms with E-state index < -0.39 is 11.9 Å². The van der Waals surface area contributed by atoms with Gasteiger partial charge in [-0.15, -0.1) is 0 Å². The molecule has 1 heterocycles. The van der Waals surface area contributed by atoms with Crippen LogP contribution < -0.4 is 10.5 Å². The minimum absolute atomic E-state index is 0.0514. The molecule has 0 aromatic heterocycles. The Morgan fingerprint density at radius 1 is 1.27 bits per heavy atom. The van der Waals surface area contributed by atoms with Crippen LogP contribution in [0.1, 0.15) is 38.7 Å². The highest BCUT2D eigenvalue weighted by atomic mass is 16.5. The molecule has 2 N–H and O–H groups in total. The molecule has 0 saturated heterocycles. The molecule has 1 aliphatic heterocycles. The molecule has 0 fully saturated rings. The van der Waals surface area contributed by atoms with Gasteiger partial charge in [-0.05, 0) is 31.5 Å². The minimum Gasteiger partial charge on any atom is -0.463 e. The van der Waals surface area contributed by atoms with Gasteiger partial charge in [-0.1, -0.05) is 19.1 Å². The molecule has 1 atom stereocenters. The maximum absolute atomic E-state index is 12.4. The minimum atomic E-state index is -0.719. The van der Waals surface area contributed by atoms with E-state index in [0.29, 0.717) is 11.3 Å². The van der Waals surface area contributed by atoms with Crippen LogP contribution >= 0.6 is 0 Å². The van der Waals surface area contributed by atoms with Gasteiger partial charge < -0.3 is 19.9 Å². The van der Waals surface area contributed by atoms with Crippen LogP contribution in [0, 0.1) is 11.3 Å². The maximum atomic E-state index is 12.4. The van der Waals surface area contributed by atoms with Gasteiger partial charge in [-0.3, -0.25) is 4.79 Å². The number of carbonyl (C=O) groups excluding carboxylic acids is 2. The number of benzene rings is 1. The highest BCUT2D eigenvalue weighted by Crippen LogP contribution is 2.39. The van der Waals surface area contributed by atoms with E-state index in [1.54, 1.807) is 45.0 Å². The van der Waals surface area contributed by atoms with Gasteiger partial charge in [0.25, 0.3) is 0 Å². The Hall–Kier alpha value is -3.27. The molecule has 1 aliphatic rings. The lowest BCUT2D eigenvalue weighted by molar-refractivity contribution is -0.139. The first-order valence-corrected chi connectivity index (χ1v) is 8.18. The number of hydrogen-bond donors (Lipinski definition) is 1. The van der Waals surface area contributed by atoms with Crippen molar-refractivity contribution in [1.29, 1.82) is 5.26 Å². The SMILES string of the molecule is CCOC(=O)C1=C(C)OC(N)=C(C#N)C1c1ccc(OC(=O)CC)cc1. The van der Waals surface area contributed by atoms with Crippen molar-refractivity contribution in [3.8, 4) is 11.8 Å². The summed E-state index contributed by atoms with van der Waals surface area (Å²) in [5, 5.41) is 9.50. The van der Waals surface area contributed by atoms with Crippen LogP contribution in [0.5, 0.6) is 5.75 Å². The van der Waals surface area contributed by atoms with Gasteiger partial charge >= 0.3 is 11.9 Å². The van der Waals surface area contributed by atoms with E-state index in [9.17, 15) is 14.9 Å². The van der Waals surface area contributed by atoms with E-state index in [0.717, 1.165) is 0 Å². The zero-order chi connectivity index (χ0) is 19.3.